The maximum Gasteiger partial charge on any atom is 0.123 e. The van der Waals surface area contributed by atoms with Gasteiger partial charge in [0.25, 0.3) is 0 Å². The smallest absolute Gasteiger partial charge is 0.123 e. The van der Waals surface area contributed by atoms with Crippen molar-refractivity contribution in [2.45, 2.75) is 19.0 Å². The largest absolute Gasteiger partial charge is 0.496 e. The molecule has 19 heavy (non-hydrogen) atoms. The van der Waals surface area contributed by atoms with Crippen LogP contribution in [-0.4, -0.2) is 52.4 Å². The van der Waals surface area contributed by atoms with Crippen molar-refractivity contribution >= 4 is 0 Å². The van der Waals surface area contributed by atoms with Gasteiger partial charge < -0.3 is 14.8 Å². The fourth-order valence-corrected chi connectivity index (χ4v) is 2.14. The maximum absolute atomic E-state index is 5.43. The molecule has 0 saturated carbocycles. The first-order chi connectivity index (χ1) is 9.13. The van der Waals surface area contributed by atoms with Gasteiger partial charge in [0.15, 0.2) is 0 Å². The topological polar surface area (TPSA) is 33.7 Å². The second-order valence-corrected chi connectivity index (χ2v) is 4.83. The Balaban J connectivity index is 2.77. The molecular formula is C15H26N2O2. The Morgan fingerprint density at radius 2 is 1.95 bits per heavy atom. The molecule has 0 aliphatic carbocycles. The van der Waals surface area contributed by atoms with Crippen molar-refractivity contribution in [1.29, 1.82) is 0 Å². The SMILES string of the molecule is CNC(CN(C)C(C)COC)c1ccccc1OC. The average molecular weight is 266 g/mol. The first-order valence-electron chi connectivity index (χ1n) is 6.63. The van der Waals surface area contributed by atoms with Gasteiger partial charge in [-0.1, -0.05) is 18.2 Å². The molecule has 1 rings (SSSR count). The monoisotopic (exact) mass is 266 g/mol. The molecule has 4 nitrogen and oxygen atoms in total. The molecule has 0 amide bonds. The van der Waals surface area contributed by atoms with Crippen LogP contribution in [0.15, 0.2) is 24.3 Å². The molecule has 2 unspecified atom stereocenters. The molecule has 4 heteroatoms. The van der Waals surface area contributed by atoms with Gasteiger partial charge in [0.2, 0.25) is 0 Å². The Bertz CT molecular complexity index is 371. The Labute approximate surface area is 116 Å². The van der Waals surface area contributed by atoms with Gasteiger partial charge in [0.1, 0.15) is 5.75 Å². The lowest BCUT2D eigenvalue weighted by atomic mass is 10.0. The van der Waals surface area contributed by atoms with Crippen LogP contribution in [0.3, 0.4) is 0 Å². The highest BCUT2D eigenvalue weighted by Crippen LogP contribution is 2.25. The summed E-state index contributed by atoms with van der Waals surface area (Å²) in [6.45, 7) is 3.80. The van der Waals surface area contributed by atoms with Gasteiger partial charge in [-0.15, -0.1) is 0 Å². The van der Waals surface area contributed by atoms with Crippen molar-refractivity contribution in [3.63, 3.8) is 0 Å². The third-order valence-electron chi connectivity index (χ3n) is 3.49. The summed E-state index contributed by atoms with van der Waals surface area (Å²) < 4.78 is 10.6. The number of benzene rings is 1. The second kappa shape index (κ2) is 8.15. The Hall–Kier alpha value is -1.10. The average Bonchev–Trinajstić information content (AvgIpc) is 2.44. The van der Waals surface area contributed by atoms with E-state index < -0.39 is 0 Å². The van der Waals surface area contributed by atoms with Crippen molar-refractivity contribution < 1.29 is 9.47 Å². The van der Waals surface area contributed by atoms with Crippen molar-refractivity contribution in [3.05, 3.63) is 29.8 Å². The fraction of sp³-hybridized carbons (Fsp3) is 0.600. The number of likely N-dealkylation sites (N-methyl/N-ethyl adjacent to an activating group) is 2. The van der Waals surface area contributed by atoms with Crippen molar-refractivity contribution in [2.75, 3.05) is 41.5 Å². The van der Waals surface area contributed by atoms with Crippen molar-refractivity contribution in [1.82, 2.24) is 10.2 Å². The van der Waals surface area contributed by atoms with Crippen LogP contribution >= 0.6 is 0 Å². The summed E-state index contributed by atoms with van der Waals surface area (Å²) >= 11 is 0. The molecule has 0 radical (unpaired) electrons. The molecular weight excluding hydrogens is 240 g/mol. The third-order valence-corrected chi connectivity index (χ3v) is 3.49. The molecule has 0 heterocycles. The summed E-state index contributed by atoms with van der Waals surface area (Å²) in [5.41, 5.74) is 1.18. The highest BCUT2D eigenvalue weighted by Gasteiger charge is 2.18. The van der Waals surface area contributed by atoms with E-state index in [0.29, 0.717) is 6.04 Å². The number of para-hydroxylation sites is 1. The minimum absolute atomic E-state index is 0.237. The lowest BCUT2D eigenvalue weighted by Crippen LogP contribution is -2.39. The summed E-state index contributed by atoms with van der Waals surface area (Å²) in [5.74, 6) is 0.926. The van der Waals surface area contributed by atoms with Gasteiger partial charge in [-0.3, -0.25) is 4.90 Å². The Kier molecular flexibility index (Phi) is 6.84. The third kappa shape index (κ3) is 4.49. The van der Waals surface area contributed by atoms with Gasteiger partial charge in [0.05, 0.1) is 13.7 Å². The van der Waals surface area contributed by atoms with E-state index in [9.17, 15) is 0 Å². The standard InChI is InChI=1S/C15H26N2O2/c1-12(11-18-4)17(3)10-14(16-2)13-8-6-7-9-15(13)19-5/h6-9,12,14,16H,10-11H2,1-5H3. The van der Waals surface area contributed by atoms with Crippen LogP contribution in [0.5, 0.6) is 5.75 Å². The lowest BCUT2D eigenvalue weighted by Gasteiger charge is -2.29. The van der Waals surface area contributed by atoms with Gasteiger partial charge >= 0.3 is 0 Å². The quantitative estimate of drug-likeness (QED) is 0.779. The summed E-state index contributed by atoms with van der Waals surface area (Å²) in [6, 6.07) is 8.76. The molecule has 1 N–H and O–H groups in total. The maximum atomic E-state index is 5.43. The van der Waals surface area contributed by atoms with Gasteiger partial charge in [0, 0.05) is 31.3 Å². The highest BCUT2D eigenvalue weighted by molar-refractivity contribution is 5.36. The molecule has 108 valence electrons. The van der Waals surface area contributed by atoms with E-state index in [1.165, 1.54) is 5.56 Å². The number of hydrogen-bond donors (Lipinski definition) is 1. The molecule has 2 atom stereocenters. The number of hydrogen-bond acceptors (Lipinski definition) is 4. The number of methoxy groups -OCH3 is 2. The van der Waals surface area contributed by atoms with E-state index in [1.807, 2.05) is 25.2 Å². The number of rotatable bonds is 8. The number of nitrogens with one attached hydrogen (secondary N) is 1. The molecule has 0 aliphatic heterocycles. The van der Waals surface area contributed by atoms with Crippen molar-refractivity contribution in [3.8, 4) is 5.75 Å². The minimum Gasteiger partial charge on any atom is -0.496 e. The van der Waals surface area contributed by atoms with E-state index in [2.05, 4.69) is 30.3 Å². The normalized spacial score (nSPS) is 14.4. The van der Waals surface area contributed by atoms with Crippen LogP contribution in [0.4, 0.5) is 0 Å². The minimum atomic E-state index is 0.237. The van der Waals surface area contributed by atoms with Crippen LogP contribution in [0.2, 0.25) is 0 Å². The summed E-state index contributed by atoms with van der Waals surface area (Å²) in [4.78, 5) is 2.29. The number of nitrogens with zero attached hydrogens (tertiary/aromatic N) is 1. The zero-order valence-electron chi connectivity index (χ0n) is 12.6. The number of ether oxygens (including phenoxy) is 2. The fourth-order valence-electron chi connectivity index (χ4n) is 2.14. The molecule has 0 aliphatic rings. The lowest BCUT2D eigenvalue weighted by molar-refractivity contribution is 0.109. The van der Waals surface area contributed by atoms with Crippen LogP contribution in [0, 0.1) is 0 Å². The molecule has 0 aromatic heterocycles. The van der Waals surface area contributed by atoms with Crippen LogP contribution in [0.25, 0.3) is 0 Å². The van der Waals surface area contributed by atoms with Gasteiger partial charge in [-0.05, 0) is 27.1 Å². The summed E-state index contributed by atoms with van der Waals surface area (Å²) in [5, 5.41) is 3.36. The second-order valence-electron chi connectivity index (χ2n) is 4.83. The molecule has 1 aromatic carbocycles. The van der Waals surface area contributed by atoms with Crippen molar-refractivity contribution in [2.24, 2.45) is 0 Å². The molecule has 0 saturated heterocycles. The van der Waals surface area contributed by atoms with Crippen LogP contribution in [-0.2, 0) is 4.74 Å². The van der Waals surface area contributed by atoms with Gasteiger partial charge in [-0.25, -0.2) is 0 Å². The predicted octanol–water partition coefficient (Wildman–Crippen LogP) is 1.92. The Morgan fingerprint density at radius 1 is 1.26 bits per heavy atom. The van der Waals surface area contributed by atoms with Crippen LogP contribution < -0.4 is 10.1 Å². The van der Waals surface area contributed by atoms with E-state index >= 15 is 0 Å². The molecule has 1 aromatic rings. The van der Waals surface area contributed by atoms with E-state index in [-0.39, 0.29) is 6.04 Å². The van der Waals surface area contributed by atoms with E-state index in [1.54, 1.807) is 14.2 Å². The first-order valence-corrected chi connectivity index (χ1v) is 6.63. The molecule has 0 bridgehead atoms. The zero-order valence-corrected chi connectivity index (χ0v) is 12.6. The summed E-state index contributed by atoms with van der Waals surface area (Å²) in [6.07, 6.45) is 0. The molecule has 0 fully saturated rings. The summed E-state index contributed by atoms with van der Waals surface area (Å²) in [7, 11) is 7.54. The van der Waals surface area contributed by atoms with E-state index in [4.69, 9.17) is 9.47 Å². The van der Waals surface area contributed by atoms with E-state index in [0.717, 1.165) is 18.9 Å². The zero-order chi connectivity index (χ0) is 14.3. The van der Waals surface area contributed by atoms with Crippen LogP contribution in [0.1, 0.15) is 18.5 Å². The Morgan fingerprint density at radius 3 is 2.53 bits per heavy atom. The first kappa shape index (κ1) is 16.0. The molecule has 0 spiro atoms. The highest BCUT2D eigenvalue weighted by atomic mass is 16.5. The van der Waals surface area contributed by atoms with Gasteiger partial charge in [-0.2, -0.15) is 0 Å². The predicted molar refractivity (Wildman–Crippen MR) is 78.8 cm³/mol.